The Balaban J connectivity index is 2.96. The van der Waals surface area contributed by atoms with Crippen LogP contribution in [-0.4, -0.2) is 4.98 Å². The molecule has 4 heteroatoms. The van der Waals surface area contributed by atoms with Gasteiger partial charge in [-0.05, 0) is 44.0 Å². The third-order valence-corrected chi connectivity index (χ3v) is 3.11. The number of hydrogen-bond acceptors (Lipinski definition) is 3. The molecule has 2 aromatic rings. The van der Waals surface area contributed by atoms with Crippen molar-refractivity contribution in [3.8, 4) is 0 Å². The van der Waals surface area contributed by atoms with Crippen molar-refractivity contribution in [3.05, 3.63) is 34.0 Å². The van der Waals surface area contributed by atoms with Gasteiger partial charge in [-0.15, -0.1) is 0 Å². The Hall–Kier alpha value is -1.32. The van der Waals surface area contributed by atoms with Crippen LogP contribution in [0.5, 0.6) is 0 Å². The first-order valence-electron chi connectivity index (χ1n) is 5.08. The smallest absolute Gasteiger partial charge is 0.0912 e. The monoisotopic (exact) mass is 235 g/mol. The Morgan fingerprint density at radius 1 is 1.25 bits per heavy atom. The molecule has 0 bridgehead atoms. The third kappa shape index (κ3) is 1.62. The van der Waals surface area contributed by atoms with Crippen LogP contribution in [0.4, 0.5) is 5.69 Å². The lowest BCUT2D eigenvalue weighted by molar-refractivity contribution is 1.18. The molecule has 0 spiro atoms. The van der Waals surface area contributed by atoms with Crippen molar-refractivity contribution in [1.29, 1.82) is 0 Å². The van der Waals surface area contributed by atoms with Gasteiger partial charge in [-0.25, -0.2) is 0 Å². The first-order chi connectivity index (χ1) is 7.54. The zero-order valence-corrected chi connectivity index (χ0v) is 10.3. The second-order valence-electron chi connectivity index (χ2n) is 3.98. The van der Waals surface area contributed by atoms with Crippen molar-refractivity contribution < 1.29 is 0 Å². The van der Waals surface area contributed by atoms with E-state index in [1.807, 2.05) is 32.9 Å². The second-order valence-corrected chi connectivity index (χ2v) is 4.39. The quantitative estimate of drug-likeness (QED) is 0.590. The Morgan fingerprint density at radius 2 is 1.94 bits per heavy atom. The molecule has 0 aliphatic carbocycles. The molecule has 1 aromatic heterocycles. The van der Waals surface area contributed by atoms with E-state index in [0.717, 1.165) is 33.4 Å². The number of fused-ring (bicyclic) bond motifs is 1. The minimum atomic E-state index is 0.662. The number of pyridine rings is 1. The fraction of sp³-hybridized carbons (Fsp3) is 0.250. The number of nitrogens with two attached hydrogens (primary N) is 1. The van der Waals surface area contributed by atoms with Crippen LogP contribution in [0.25, 0.3) is 10.9 Å². The molecule has 3 N–H and O–H groups in total. The minimum absolute atomic E-state index is 0.662. The molecule has 0 atom stereocenters. The van der Waals surface area contributed by atoms with Gasteiger partial charge in [0.2, 0.25) is 0 Å². The first kappa shape index (κ1) is 11.2. The molecule has 84 valence electrons. The summed E-state index contributed by atoms with van der Waals surface area (Å²) in [5.74, 6) is 5.56. The van der Waals surface area contributed by atoms with Crippen LogP contribution in [0.2, 0.25) is 5.02 Å². The molecule has 0 unspecified atom stereocenters. The van der Waals surface area contributed by atoms with Gasteiger partial charge in [-0.2, -0.15) is 0 Å². The molecule has 1 heterocycles. The fourth-order valence-corrected chi connectivity index (χ4v) is 2.18. The van der Waals surface area contributed by atoms with E-state index in [2.05, 4.69) is 10.4 Å². The molecule has 3 nitrogen and oxygen atoms in total. The van der Waals surface area contributed by atoms with Gasteiger partial charge in [0.25, 0.3) is 0 Å². The zero-order valence-electron chi connectivity index (χ0n) is 9.56. The summed E-state index contributed by atoms with van der Waals surface area (Å²) in [4.78, 5) is 4.50. The number of benzene rings is 1. The summed E-state index contributed by atoms with van der Waals surface area (Å²) in [7, 11) is 0. The van der Waals surface area contributed by atoms with Crippen LogP contribution in [0.3, 0.4) is 0 Å². The molecule has 0 saturated heterocycles. The van der Waals surface area contributed by atoms with Crippen molar-refractivity contribution >= 4 is 28.2 Å². The van der Waals surface area contributed by atoms with Crippen molar-refractivity contribution in [2.24, 2.45) is 5.84 Å². The number of nitrogens with zero attached hydrogens (tertiary/aromatic N) is 1. The molecule has 2 rings (SSSR count). The topological polar surface area (TPSA) is 50.9 Å². The number of nitrogen functional groups attached to an aromatic ring is 1. The molecule has 0 radical (unpaired) electrons. The van der Waals surface area contributed by atoms with Gasteiger partial charge < -0.3 is 5.43 Å². The van der Waals surface area contributed by atoms with Gasteiger partial charge in [0.05, 0.1) is 16.2 Å². The SMILES string of the molecule is Cc1cc(Cl)c2nc(C)c(C)c(NN)c2c1. The largest absolute Gasteiger partial charge is 0.323 e. The Morgan fingerprint density at radius 3 is 2.56 bits per heavy atom. The highest BCUT2D eigenvalue weighted by molar-refractivity contribution is 6.35. The normalized spacial score (nSPS) is 10.8. The lowest BCUT2D eigenvalue weighted by atomic mass is 10.1. The highest BCUT2D eigenvalue weighted by Gasteiger charge is 2.11. The van der Waals surface area contributed by atoms with Crippen LogP contribution in [0.1, 0.15) is 16.8 Å². The van der Waals surface area contributed by atoms with Crippen molar-refractivity contribution in [2.75, 3.05) is 5.43 Å². The summed E-state index contributed by atoms with van der Waals surface area (Å²) in [6, 6.07) is 3.95. The van der Waals surface area contributed by atoms with E-state index in [-0.39, 0.29) is 0 Å². The molecule has 0 aliphatic rings. The summed E-state index contributed by atoms with van der Waals surface area (Å²) in [6.07, 6.45) is 0. The number of hydrazine groups is 1. The molecule has 1 aromatic carbocycles. The number of anilines is 1. The molecule has 0 aliphatic heterocycles. The van der Waals surface area contributed by atoms with Crippen molar-refractivity contribution in [1.82, 2.24) is 4.98 Å². The predicted molar refractivity (Wildman–Crippen MR) is 68.8 cm³/mol. The lowest BCUT2D eigenvalue weighted by Gasteiger charge is -2.13. The number of rotatable bonds is 1. The Labute approximate surface area is 99.6 Å². The number of nitrogens with one attached hydrogen (secondary N) is 1. The van der Waals surface area contributed by atoms with E-state index in [9.17, 15) is 0 Å². The Bertz CT molecular complexity index is 564. The molecular weight excluding hydrogens is 222 g/mol. The van der Waals surface area contributed by atoms with Gasteiger partial charge in [-0.1, -0.05) is 11.6 Å². The average Bonchev–Trinajstić information content (AvgIpc) is 2.22. The number of aromatic nitrogens is 1. The standard InChI is InChI=1S/C12H14ClN3/c1-6-4-9-11(16-14)7(2)8(3)15-12(9)10(13)5-6/h4-5H,14H2,1-3H3,(H,15,16). The first-order valence-corrected chi connectivity index (χ1v) is 5.46. The number of hydrogen-bond donors (Lipinski definition) is 2. The van der Waals surface area contributed by atoms with Crippen molar-refractivity contribution in [2.45, 2.75) is 20.8 Å². The van der Waals surface area contributed by atoms with E-state index in [1.54, 1.807) is 0 Å². The summed E-state index contributed by atoms with van der Waals surface area (Å²) in [6.45, 7) is 5.94. The van der Waals surface area contributed by atoms with E-state index in [0.29, 0.717) is 5.02 Å². The zero-order chi connectivity index (χ0) is 11.9. The molecule has 0 amide bonds. The van der Waals surface area contributed by atoms with E-state index in [1.165, 1.54) is 0 Å². The molecule has 16 heavy (non-hydrogen) atoms. The Kier molecular flexibility index (Phi) is 2.74. The van der Waals surface area contributed by atoms with Crippen LogP contribution < -0.4 is 11.3 Å². The average molecular weight is 236 g/mol. The number of aryl methyl sites for hydroxylation is 2. The molecule has 0 saturated carbocycles. The summed E-state index contributed by atoms with van der Waals surface area (Å²) >= 11 is 6.18. The van der Waals surface area contributed by atoms with Gasteiger partial charge in [0, 0.05) is 11.1 Å². The lowest BCUT2D eigenvalue weighted by Crippen LogP contribution is -2.10. The van der Waals surface area contributed by atoms with E-state index < -0.39 is 0 Å². The summed E-state index contributed by atoms with van der Waals surface area (Å²) in [5, 5.41) is 1.63. The summed E-state index contributed by atoms with van der Waals surface area (Å²) < 4.78 is 0. The summed E-state index contributed by atoms with van der Waals surface area (Å²) in [5.41, 5.74) is 7.51. The maximum absolute atomic E-state index is 6.18. The van der Waals surface area contributed by atoms with Gasteiger partial charge in [-0.3, -0.25) is 10.8 Å². The molecular formula is C12H14ClN3. The maximum Gasteiger partial charge on any atom is 0.0912 e. The van der Waals surface area contributed by atoms with Gasteiger partial charge in [0.1, 0.15) is 0 Å². The fourth-order valence-electron chi connectivity index (χ4n) is 1.86. The minimum Gasteiger partial charge on any atom is -0.323 e. The van der Waals surface area contributed by atoms with Gasteiger partial charge in [0.15, 0.2) is 0 Å². The van der Waals surface area contributed by atoms with Crippen LogP contribution >= 0.6 is 11.6 Å². The second kappa shape index (κ2) is 3.92. The van der Waals surface area contributed by atoms with E-state index in [4.69, 9.17) is 17.4 Å². The van der Waals surface area contributed by atoms with Gasteiger partial charge >= 0.3 is 0 Å². The van der Waals surface area contributed by atoms with Crippen molar-refractivity contribution in [3.63, 3.8) is 0 Å². The van der Waals surface area contributed by atoms with Crippen LogP contribution in [0.15, 0.2) is 12.1 Å². The van der Waals surface area contributed by atoms with Crippen LogP contribution in [0, 0.1) is 20.8 Å². The highest BCUT2D eigenvalue weighted by Crippen LogP contribution is 2.32. The third-order valence-electron chi connectivity index (χ3n) is 2.82. The maximum atomic E-state index is 6.18. The highest BCUT2D eigenvalue weighted by atomic mass is 35.5. The number of halogens is 1. The van der Waals surface area contributed by atoms with Crippen LogP contribution in [-0.2, 0) is 0 Å². The predicted octanol–water partition coefficient (Wildman–Crippen LogP) is 3.10. The van der Waals surface area contributed by atoms with E-state index >= 15 is 0 Å². The molecule has 0 fully saturated rings.